The quantitative estimate of drug-likeness (QED) is 0.642. The molecule has 3 nitrogen and oxygen atoms in total. The van der Waals surface area contributed by atoms with Crippen molar-refractivity contribution in [2.24, 2.45) is 0 Å². The Morgan fingerprint density at radius 3 is 2.47 bits per heavy atom. The average Bonchev–Trinajstić information content (AvgIpc) is 2.66. The van der Waals surface area contributed by atoms with Crippen LogP contribution in [0.25, 0.3) is 16.7 Å². The Morgan fingerprint density at radius 1 is 1.00 bits per heavy atom. The Labute approximate surface area is 103 Å². The second-order valence-electron chi connectivity index (χ2n) is 3.80. The molecule has 3 rings (SSSR count). The van der Waals surface area contributed by atoms with Crippen molar-refractivity contribution in [3.8, 4) is 11.4 Å². The second kappa shape index (κ2) is 3.75. The van der Waals surface area contributed by atoms with Gasteiger partial charge in [-0.3, -0.25) is 4.57 Å². The third kappa shape index (κ3) is 1.62. The summed E-state index contributed by atoms with van der Waals surface area (Å²) < 4.78 is 2.60. The number of hydrogen-bond acceptors (Lipinski definition) is 2. The van der Waals surface area contributed by atoms with Crippen molar-refractivity contribution < 1.29 is 5.11 Å². The van der Waals surface area contributed by atoms with Gasteiger partial charge in [0.05, 0.1) is 11.0 Å². The monoisotopic (exact) mass is 242 g/mol. The van der Waals surface area contributed by atoms with E-state index >= 15 is 0 Å². The van der Waals surface area contributed by atoms with Crippen LogP contribution in [0.4, 0.5) is 0 Å². The third-order valence-corrected chi connectivity index (χ3v) is 2.98. The van der Waals surface area contributed by atoms with Crippen molar-refractivity contribution in [3.05, 3.63) is 53.3 Å². The molecule has 0 fully saturated rings. The molecule has 0 aliphatic heterocycles. The van der Waals surface area contributed by atoms with E-state index in [4.69, 9.17) is 12.2 Å². The molecule has 0 amide bonds. The minimum atomic E-state index is 0.250. The molecule has 1 heterocycles. The molecule has 0 radical (unpaired) electrons. The number of H-pyrrole nitrogens is 1. The summed E-state index contributed by atoms with van der Waals surface area (Å²) in [6.07, 6.45) is 0. The summed E-state index contributed by atoms with van der Waals surface area (Å²) in [5.41, 5.74) is 2.97. The Kier molecular flexibility index (Phi) is 2.23. The molecule has 4 heteroatoms. The first-order valence-corrected chi connectivity index (χ1v) is 5.66. The molecular formula is C13H10N2OS. The van der Waals surface area contributed by atoms with Crippen LogP contribution in [0.1, 0.15) is 0 Å². The van der Waals surface area contributed by atoms with Gasteiger partial charge in [0.2, 0.25) is 0 Å². The van der Waals surface area contributed by atoms with Gasteiger partial charge in [0.1, 0.15) is 5.75 Å². The van der Waals surface area contributed by atoms with E-state index < -0.39 is 0 Å². The van der Waals surface area contributed by atoms with Crippen LogP contribution in [0.2, 0.25) is 0 Å². The number of aromatic nitrogens is 2. The first-order chi connectivity index (χ1) is 8.25. The van der Waals surface area contributed by atoms with Gasteiger partial charge in [0.25, 0.3) is 0 Å². The van der Waals surface area contributed by atoms with E-state index in [2.05, 4.69) is 4.98 Å². The van der Waals surface area contributed by atoms with E-state index in [1.54, 1.807) is 12.1 Å². The molecular weight excluding hydrogens is 232 g/mol. The van der Waals surface area contributed by atoms with Crippen molar-refractivity contribution in [1.29, 1.82) is 0 Å². The first-order valence-electron chi connectivity index (χ1n) is 5.25. The lowest BCUT2D eigenvalue weighted by Crippen LogP contribution is -1.92. The summed E-state index contributed by atoms with van der Waals surface area (Å²) in [7, 11) is 0. The van der Waals surface area contributed by atoms with Crippen molar-refractivity contribution in [1.82, 2.24) is 9.55 Å². The number of benzene rings is 2. The Morgan fingerprint density at radius 2 is 1.71 bits per heavy atom. The largest absolute Gasteiger partial charge is 0.508 e. The summed E-state index contributed by atoms with van der Waals surface area (Å²) in [5.74, 6) is 0.250. The van der Waals surface area contributed by atoms with Crippen LogP contribution in [-0.2, 0) is 0 Å². The summed E-state index contributed by atoms with van der Waals surface area (Å²) in [4.78, 5) is 3.16. The van der Waals surface area contributed by atoms with Crippen molar-refractivity contribution >= 4 is 23.3 Å². The molecule has 0 aliphatic rings. The molecule has 0 bridgehead atoms. The number of phenols is 1. The number of imidazole rings is 1. The Bertz CT molecular complexity index is 725. The zero-order chi connectivity index (χ0) is 11.8. The molecule has 2 aromatic carbocycles. The number of nitrogens with zero attached hydrogens (tertiary/aromatic N) is 1. The van der Waals surface area contributed by atoms with E-state index in [9.17, 15) is 5.11 Å². The topological polar surface area (TPSA) is 41.0 Å². The average molecular weight is 242 g/mol. The second-order valence-corrected chi connectivity index (χ2v) is 4.19. The van der Waals surface area contributed by atoms with Gasteiger partial charge < -0.3 is 10.1 Å². The molecule has 0 saturated carbocycles. The minimum Gasteiger partial charge on any atom is -0.508 e. The number of phenolic OH excluding ortho intramolecular Hbond substituents is 1. The smallest absolute Gasteiger partial charge is 0.182 e. The van der Waals surface area contributed by atoms with Gasteiger partial charge in [-0.15, -0.1) is 0 Å². The molecule has 3 aromatic rings. The predicted molar refractivity (Wildman–Crippen MR) is 70.1 cm³/mol. The Balaban J connectivity index is 2.33. The first kappa shape index (κ1) is 10.1. The van der Waals surface area contributed by atoms with Gasteiger partial charge in [0, 0.05) is 5.69 Å². The van der Waals surface area contributed by atoms with Crippen molar-refractivity contribution in [2.45, 2.75) is 0 Å². The summed E-state index contributed by atoms with van der Waals surface area (Å²) in [6, 6.07) is 14.9. The van der Waals surface area contributed by atoms with Gasteiger partial charge in [-0.25, -0.2) is 0 Å². The fourth-order valence-corrected chi connectivity index (χ4v) is 2.23. The van der Waals surface area contributed by atoms with Crippen LogP contribution in [-0.4, -0.2) is 14.7 Å². The van der Waals surface area contributed by atoms with Gasteiger partial charge >= 0.3 is 0 Å². The van der Waals surface area contributed by atoms with Crippen LogP contribution in [0.5, 0.6) is 5.75 Å². The normalized spacial score (nSPS) is 10.8. The van der Waals surface area contributed by atoms with Crippen molar-refractivity contribution in [3.63, 3.8) is 0 Å². The van der Waals surface area contributed by atoms with E-state index in [1.807, 2.05) is 41.0 Å². The van der Waals surface area contributed by atoms with Crippen LogP contribution < -0.4 is 0 Å². The van der Waals surface area contributed by atoms with Gasteiger partial charge in [-0.2, -0.15) is 0 Å². The predicted octanol–water partition coefficient (Wildman–Crippen LogP) is 3.39. The lowest BCUT2D eigenvalue weighted by molar-refractivity contribution is 0.475. The van der Waals surface area contributed by atoms with Crippen LogP contribution in [0, 0.1) is 4.77 Å². The summed E-state index contributed by atoms with van der Waals surface area (Å²) in [5, 5.41) is 9.29. The highest BCUT2D eigenvalue weighted by molar-refractivity contribution is 7.71. The van der Waals surface area contributed by atoms with Crippen LogP contribution >= 0.6 is 12.2 Å². The zero-order valence-electron chi connectivity index (χ0n) is 8.92. The maximum Gasteiger partial charge on any atom is 0.182 e. The molecule has 0 saturated heterocycles. The van der Waals surface area contributed by atoms with E-state index in [0.29, 0.717) is 4.77 Å². The SMILES string of the molecule is Oc1ccc(-n2c(=S)[nH]c3ccccc32)cc1. The molecule has 0 atom stereocenters. The lowest BCUT2D eigenvalue weighted by atomic mass is 10.2. The highest BCUT2D eigenvalue weighted by atomic mass is 32.1. The number of aromatic amines is 1. The van der Waals surface area contributed by atoms with E-state index in [1.165, 1.54) is 0 Å². The number of rotatable bonds is 1. The molecule has 0 unspecified atom stereocenters. The van der Waals surface area contributed by atoms with Gasteiger partial charge in [-0.05, 0) is 48.6 Å². The minimum absolute atomic E-state index is 0.250. The number of hydrogen-bond donors (Lipinski definition) is 2. The standard InChI is InChI=1S/C13H10N2OS/c16-10-7-5-9(6-8-10)15-12-4-2-1-3-11(12)14-13(15)17/h1-8,16H,(H,14,17). The van der Waals surface area contributed by atoms with Crippen LogP contribution in [0.15, 0.2) is 48.5 Å². The third-order valence-electron chi connectivity index (χ3n) is 2.70. The lowest BCUT2D eigenvalue weighted by Gasteiger charge is -2.04. The zero-order valence-corrected chi connectivity index (χ0v) is 9.74. The van der Waals surface area contributed by atoms with Crippen molar-refractivity contribution in [2.75, 3.05) is 0 Å². The number of fused-ring (bicyclic) bond motifs is 1. The fourth-order valence-electron chi connectivity index (χ4n) is 1.91. The summed E-state index contributed by atoms with van der Waals surface area (Å²) >= 11 is 5.31. The number of nitrogens with one attached hydrogen (secondary N) is 1. The van der Waals surface area contributed by atoms with Gasteiger partial charge in [0.15, 0.2) is 4.77 Å². The fraction of sp³-hybridized carbons (Fsp3) is 0. The van der Waals surface area contributed by atoms with Gasteiger partial charge in [-0.1, -0.05) is 12.1 Å². The summed E-state index contributed by atoms with van der Waals surface area (Å²) in [6.45, 7) is 0. The molecule has 84 valence electrons. The maximum atomic E-state index is 9.29. The number of aromatic hydroxyl groups is 1. The number of para-hydroxylation sites is 2. The molecule has 1 aromatic heterocycles. The van der Waals surface area contributed by atoms with E-state index in [-0.39, 0.29) is 5.75 Å². The molecule has 17 heavy (non-hydrogen) atoms. The highest BCUT2D eigenvalue weighted by Crippen LogP contribution is 2.20. The molecule has 2 N–H and O–H groups in total. The highest BCUT2D eigenvalue weighted by Gasteiger charge is 2.05. The molecule has 0 spiro atoms. The Hall–Kier alpha value is -2.07. The molecule has 0 aliphatic carbocycles. The maximum absolute atomic E-state index is 9.29. The van der Waals surface area contributed by atoms with E-state index in [0.717, 1.165) is 16.7 Å². The van der Waals surface area contributed by atoms with Crippen LogP contribution in [0.3, 0.4) is 0 Å².